The third-order valence-corrected chi connectivity index (χ3v) is 3.37. The van der Waals surface area contributed by atoms with Gasteiger partial charge in [-0.1, -0.05) is 71.6 Å². The van der Waals surface area contributed by atoms with E-state index in [9.17, 15) is 0 Å². The van der Waals surface area contributed by atoms with E-state index in [2.05, 4.69) is 20.8 Å². The molecule has 1 heteroatoms. The molecule has 97 valence electrons. The van der Waals surface area contributed by atoms with Crippen molar-refractivity contribution < 1.29 is 0 Å². The molecule has 2 unspecified atom stereocenters. The van der Waals surface area contributed by atoms with Crippen LogP contribution in [0.4, 0.5) is 0 Å². The molecular formula is C15H32N. The van der Waals surface area contributed by atoms with Gasteiger partial charge in [0, 0.05) is 6.04 Å². The SMILES string of the molecule is [CH2]C(C)C(N)CCCCCCCCCCC. The molecule has 0 rings (SSSR count). The van der Waals surface area contributed by atoms with E-state index in [1.807, 2.05) is 0 Å². The van der Waals surface area contributed by atoms with Gasteiger partial charge in [0.25, 0.3) is 0 Å². The summed E-state index contributed by atoms with van der Waals surface area (Å²) in [6.07, 6.45) is 13.7. The fourth-order valence-electron chi connectivity index (χ4n) is 1.98. The van der Waals surface area contributed by atoms with Crippen LogP contribution in [0.2, 0.25) is 0 Å². The molecule has 1 radical (unpaired) electrons. The molecule has 0 bridgehead atoms. The Bertz CT molecular complexity index is 131. The highest BCUT2D eigenvalue weighted by atomic mass is 14.6. The van der Waals surface area contributed by atoms with Crippen molar-refractivity contribution >= 4 is 0 Å². The first-order chi connectivity index (χ1) is 7.68. The van der Waals surface area contributed by atoms with E-state index < -0.39 is 0 Å². The molecule has 0 aromatic rings. The van der Waals surface area contributed by atoms with E-state index in [0.29, 0.717) is 12.0 Å². The molecule has 0 aliphatic carbocycles. The Morgan fingerprint density at radius 1 is 0.875 bits per heavy atom. The van der Waals surface area contributed by atoms with Gasteiger partial charge in [0.1, 0.15) is 0 Å². The maximum Gasteiger partial charge on any atom is 0.00645 e. The van der Waals surface area contributed by atoms with E-state index in [-0.39, 0.29) is 0 Å². The van der Waals surface area contributed by atoms with Crippen molar-refractivity contribution in [3.8, 4) is 0 Å². The molecule has 0 fully saturated rings. The summed E-state index contributed by atoms with van der Waals surface area (Å²) in [6, 6.07) is 0.310. The number of rotatable bonds is 11. The average molecular weight is 226 g/mol. The summed E-state index contributed by atoms with van der Waals surface area (Å²) in [4.78, 5) is 0. The summed E-state index contributed by atoms with van der Waals surface area (Å²) in [6.45, 7) is 8.35. The molecule has 16 heavy (non-hydrogen) atoms. The van der Waals surface area contributed by atoms with Gasteiger partial charge in [0.2, 0.25) is 0 Å². The van der Waals surface area contributed by atoms with Crippen molar-refractivity contribution in [2.24, 2.45) is 11.7 Å². The van der Waals surface area contributed by atoms with Gasteiger partial charge >= 0.3 is 0 Å². The highest BCUT2D eigenvalue weighted by molar-refractivity contribution is 4.70. The van der Waals surface area contributed by atoms with E-state index in [1.165, 1.54) is 57.8 Å². The Hall–Kier alpha value is -0.0400. The van der Waals surface area contributed by atoms with E-state index in [1.54, 1.807) is 0 Å². The summed E-state index contributed by atoms with van der Waals surface area (Å²) < 4.78 is 0. The molecule has 0 heterocycles. The molecule has 0 aromatic carbocycles. The number of hydrogen-bond donors (Lipinski definition) is 1. The molecule has 0 aliphatic heterocycles. The summed E-state index contributed by atoms with van der Waals surface area (Å²) in [5.41, 5.74) is 5.95. The summed E-state index contributed by atoms with van der Waals surface area (Å²) >= 11 is 0. The lowest BCUT2D eigenvalue weighted by molar-refractivity contribution is 0.465. The maximum atomic E-state index is 5.95. The fourth-order valence-corrected chi connectivity index (χ4v) is 1.98. The quantitative estimate of drug-likeness (QED) is 0.508. The monoisotopic (exact) mass is 226 g/mol. The standard InChI is InChI=1S/C15H32N/c1-4-5-6-7-8-9-10-11-12-13-15(16)14(2)3/h14-15H,2,4-13,16H2,1,3H3. The van der Waals surface area contributed by atoms with E-state index in [4.69, 9.17) is 5.73 Å². The number of hydrogen-bond acceptors (Lipinski definition) is 1. The normalized spacial score (nSPS) is 13.3. The summed E-state index contributed by atoms with van der Waals surface area (Å²) in [5.74, 6) is 0.397. The molecule has 0 saturated carbocycles. The zero-order valence-corrected chi connectivity index (χ0v) is 11.5. The molecular weight excluding hydrogens is 194 g/mol. The van der Waals surface area contributed by atoms with Gasteiger partial charge in [-0.15, -0.1) is 0 Å². The minimum absolute atomic E-state index is 0.310. The number of unbranched alkanes of at least 4 members (excludes halogenated alkanes) is 8. The van der Waals surface area contributed by atoms with Crippen LogP contribution >= 0.6 is 0 Å². The van der Waals surface area contributed by atoms with Crippen LogP contribution in [0, 0.1) is 12.8 Å². The maximum absolute atomic E-state index is 5.95. The van der Waals surface area contributed by atoms with Crippen molar-refractivity contribution in [1.29, 1.82) is 0 Å². The molecule has 2 atom stereocenters. The van der Waals surface area contributed by atoms with Gasteiger partial charge in [-0.2, -0.15) is 0 Å². The summed E-state index contributed by atoms with van der Waals surface area (Å²) in [7, 11) is 0. The lowest BCUT2D eigenvalue weighted by Gasteiger charge is -2.14. The van der Waals surface area contributed by atoms with Crippen molar-refractivity contribution in [3.05, 3.63) is 6.92 Å². The Kier molecular flexibility index (Phi) is 11.4. The lowest BCUT2D eigenvalue weighted by Crippen LogP contribution is -2.26. The number of nitrogens with two attached hydrogens (primary N) is 1. The second kappa shape index (κ2) is 11.4. The molecule has 0 amide bonds. The highest BCUT2D eigenvalue weighted by Crippen LogP contribution is 2.12. The Balaban J connectivity index is 3.04. The predicted molar refractivity (Wildman–Crippen MR) is 74.3 cm³/mol. The second-order valence-corrected chi connectivity index (χ2v) is 5.26. The third-order valence-electron chi connectivity index (χ3n) is 3.37. The first kappa shape index (κ1) is 16.0. The second-order valence-electron chi connectivity index (χ2n) is 5.26. The molecule has 1 nitrogen and oxygen atoms in total. The zero-order valence-electron chi connectivity index (χ0n) is 11.5. The van der Waals surface area contributed by atoms with Crippen LogP contribution in [0.3, 0.4) is 0 Å². The van der Waals surface area contributed by atoms with Crippen LogP contribution < -0.4 is 5.73 Å². The molecule has 0 aromatic heterocycles. The van der Waals surface area contributed by atoms with Crippen molar-refractivity contribution in [3.63, 3.8) is 0 Å². The Labute approximate surface area is 103 Å². The summed E-state index contributed by atoms with van der Waals surface area (Å²) in [5, 5.41) is 0. The van der Waals surface area contributed by atoms with Gasteiger partial charge < -0.3 is 5.73 Å². The minimum atomic E-state index is 0.310. The average Bonchev–Trinajstić information content (AvgIpc) is 2.26. The van der Waals surface area contributed by atoms with Crippen LogP contribution in [0.1, 0.15) is 78.1 Å². The molecule has 0 aliphatic rings. The van der Waals surface area contributed by atoms with Gasteiger partial charge in [0.05, 0.1) is 0 Å². The smallest absolute Gasteiger partial charge is 0.00645 e. The molecule has 2 N–H and O–H groups in total. The van der Waals surface area contributed by atoms with Crippen LogP contribution in [0.5, 0.6) is 0 Å². The first-order valence-electron chi connectivity index (χ1n) is 7.27. The van der Waals surface area contributed by atoms with Crippen molar-refractivity contribution in [1.82, 2.24) is 0 Å². The predicted octanol–water partition coefficient (Wildman–Crippen LogP) is 4.70. The van der Waals surface area contributed by atoms with E-state index >= 15 is 0 Å². The van der Waals surface area contributed by atoms with Crippen LogP contribution in [0.15, 0.2) is 0 Å². The van der Waals surface area contributed by atoms with Crippen LogP contribution in [-0.4, -0.2) is 6.04 Å². The Morgan fingerprint density at radius 2 is 1.31 bits per heavy atom. The van der Waals surface area contributed by atoms with Gasteiger partial charge in [-0.05, 0) is 19.3 Å². The lowest BCUT2D eigenvalue weighted by atomic mass is 9.98. The largest absolute Gasteiger partial charge is 0.327 e. The van der Waals surface area contributed by atoms with Gasteiger partial charge in [-0.3, -0.25) is 0 Å². The van der Waals surface area contributed by atoms with Crippen LogP contribution in [0.25, 0.3) is 0 Å². The zero-order chi connectivity index (χ0) is 12.2. The third kappa shape index (κ3) is 10.5. The van der Waals surface area contributed by atoms with E-state index in [0.717, 1.165) is 6.42 Å². The molecule has 0 saturated heterocycles. The van der Waals surface area contributed by atoms with Crippen molar-refractivity contribution in [2.45, 2.75) is 84.1 Å². The first-order valence-corrected chi connectivity index (χ1v) is 7.27. The van der Waals surface area contributed by atoms with Crippen molar-refractivity contribution in [2.75, 3.05) is 0 Å². The Morgan fingerprint density at radius 3 is 1.75 bits per heavy atom. The van der Waals surface area contributed by atoms with Gasteiger partial charge in [-0.25, -0.2) is 0 Å². The van der Waals surface area contributed by atoms with Gasteiger partial charge in [0.15, 0.2) is 0 Å². The van der Waals surface area contributed by atoms with Crippen LogP contribution in [-0.2, 0) is 0 Å². The topological polar surface area (TPSA) is 26.0 Å². The fraction of sp³-hybridized carbons (Fsp3) is 0.933. The highest BCUT2D eigenvalue weighted by Gasteiger charge is 2.06. The molecule has 0 spiro atoms. The minimum Gasteiger partial charge on any atom is -0.327 e.